The Morgan fingerprint density at radius 3 is 2.94 bits per heavy atom. The summed E-state index contributed by atoms with van der Waals surface area (Å²) >= 11 is 2.31. The van der Waals surface area contributed by atoms with Gasteiger partial charge >= 0.3 is 0 Å². The number of hydrogen-bond acceptors (Lipinski definition) is 3. The molecule has 0 aliphatic carbocycles. The van der Waals surface area contributed by atoms with Crippen LogP contribution in [0, 0.1) is 3.57 Å². The first-order valence-electron chi connectivity index (χ1n) is 5.29. The Morgan fingerprint density at radius 1 is 1.50 bits per heavy atom. The molecular weight excluding hydrogens is 317 g/mol. The molecule has 1 heterocycles. The fourth-order valence-electron chi connectivity index (χ4n) is 2.07. The van der Waals surface area contributed by atoms with Crippen molar-refractivity contribution in [1.29, 1.82) is 0 Å². The van der Waals surface area contributed by atoms with E-state index >= 15 is 0 Å². The zero-order valence-electron chi connectivity index (χ0n) is 9.71. The van der Waals surface area contributed by atoms with E-state index in [1.807, 2.05) is 6.07 Å². The summed E-state index contributed by atoms with van der Waals surface area (Å²) in [5.74, 6) is 0.950. The smallest absolute Gasteiger partial charge is 0.125 e. The molecule has 1 unspecified atom stereocenters. The number of hydroxylamine groups is 1. The molecule has 1 aliphatic heterocycles. The van der Waals surface area contributed by atoms with Crippen LogP contribution in [0.25, 0.3) is 0 Å². The Bertz CT molecular complexity index is 393. The summed E-state index contributed by atoms with van der Waals surface area (Å²) in [4.78, 5) is 5.06. The summed E-state index contributed by atoms with van der Waals surface area (Å²) in [5.41, 5.74) is 4.06. The Labute approximate surface area is 110 Å². The highest BCUT2D eigenvalue weighted by Gasteiger charge is 2.33. The largest absolute Gasteiger partial charge is 0.487 e. The molecule has 0 amide bonds. The lowest BCUT2D eigenvalue weighted by molar-refractivity contribution is 0.00295. The van der Waals surface area contributed by atoms with E-state index in [-0.39, 0.29) is 11.6 Å². The maximum atomic E-state index is 5.95. The van der Waals surface area contributed by atoms with Crippen molar-refractivity contribution in [2.24, 2.45) is 0 Å². The monoisotopic (exact) mass is 333 g/mol. The zero-order chi connectivity index (χ0) is 11.8. The van der Waals surface area contributed by atoms with E-state index in [1.165, 1.54) is 9.13 Å². The molecule has 2 rings (SSSR count). The summed E-state index contributed by atoms with van der Waals surface area (Å²) in [6.07, 6.45) is 0.897. The van der Waals surface area contributed by atoms with Gasteiger partial charge in [0.05, 0.1) is 13.2 Å². The van der Waals surface area contributed by atoms with Gasteiger partial charge in [-0.1, -0.05) is 0 Å². The maximum Gasteiger partial charge on any atom is 0.125 e. The third-order valence-electron chi connectivity index (χ3n) is 2.69. The van der Waals surface area contributed by atoms with Crippen molar-refractivity contribution in [2.45, 2.75) is 31.9 Å². The van der Waals surface area contributed by atoms with Gasteiger partial charge in [0.25, 0.3) is 0 Å². The molecular formula is C12H16INO2. The summed E-state index contributed by atoms with van der Waals surface area (Å²) in [5, 5.41) is 0. The van der Waals surface area contributed by atoms with Crippen molar-refractivity contribution in [3.63, 3.8) is 0 Å². The number of benzene rings is 1. The van der Waals surface area contributed by atoms with Crippen molar-refractivity contribution >= 4 is 22.6 Å². The van der Waals surface area contributed by atoms with Crippen LogP contribution in [0.1, 0.15) is 31.9 Å². The van der Waals surface area contributed by atoms with Crippen molar-refractivity contribution in [1.82, 2.24) is 5.48 Å². The molecule has 1 atom stereocenters. The lowest BCUT2D eigenvalue weighted by Gasteiger charge is -2.37. The summed E-state index contributed by atoms with van der Waals surface area (Å²) in [7, 11) is 1.65. The topological polar surface area (TPSA) is 30.5 Å². The van der Waals surface area contributed by atoms with E-state index in [0.29, 0.717) is 0 Å². The number of halogens is 1. The van der Waals surface area contributed by atoms with Gasteiger partial charge in [-0.05, 0) is 54.6 Å². The Balaban J connectivity index is 2.39. The average Bonchev–Trinajstić information content (AvgIpc) is 2.18. The molecule has 0 saturated carbocycles. The van der Waals surface area contributed by atoms with E-state index in [1.54, 1.807) is 7.11 Å². The molecule has 0 radical (unpaired) electrons. The van der Waals surface area contributed by atoms with Crippen LogP contribution in [-0.2, 0) is 4.84 Å². The van der Waals surface area contributed by atoms with Gasteiger partial charge in [-0.3, -0.25) is 0 Å². The van der Waals surface area contributed by atoms with E-state index in [2.05, 4.69) is 54.1 Å². The predicted molar refractivity (Wildman–Crippen MR) is 71.4 cm³/mol. The molecule has 1 aliphatic rings. The average molecular weight is 333 g/mol. The van der Waals surface area contributed by atoms with Gasteiger partial charge < -0.3 is 9.57 Å². The second-order valence-electron chi connectivity index (χ2n) is 4.62. The first kappa shape index (κ1) is 12.1. The number of hydrogen-bond donors (Lipinski definition) is 1. The van der Waals surface area contributed by atoms with Gasteiger partial charge in [0.15, 0.2) is 0 Å². The second-order valence-corrected chi connectivity index (χ2v) is 5.87. The highest BCUT2D eigenvalue weighted by Crippen LogP contribution is 2.39. The van der Waals surface area contributed by atoms with Crippen LogP contribution < -0.4 is 10.2 Å². The van der Waals surface area contributed by atoms with Crippen LogP contribution in [0.5, 0.6) is 5.75 Å². The third kappa shape index (κ3) is 2.49. The molecule has 0 bridgehead atoms. The highest BCUT2D eigenvalue weighted by atomic mass is 127. The summed E-state index contributed by atoms with van der Waals surface area (Å²) < 4.78 is 7.16. The lowest BCUT2D eigenvalue weighted by atomic mass is 9.90. The summed E-state index contributed by atoms with van der Waals surface area (Å²) in [6, 6.07) is 6.42. The van der Waals surface area contributed by atoms with Crippen molar-refractivity contribution in [2.75, 3.05) is 7.11 Å². The SMILES string of the molecule is CONC1CC(C)(C)Oc2ccc(I)cc21. The molecule has 0 spiro atoms. The molecule has 4 heteroatoms. The van der Waals surface area contributed by atoms with Crippen LogP contribution >= 0.6 is 22.6 Å². The minimum Gasteiger partial charge on any atom is -0.487 e. The minimum absolute atomic E-state index is 0.157. The first-order chi connectivity index (χ1) is 7.52. The molecule has 88 valence electrons. The van der Waals surface area contributed by atoms with E-state index in [0.717, 1.165) is 12.2 Å². The molecule has 16 heavy (non-hydrogen) atoms. The lowest BCUT2D eigenvalue weighted by Crippen LogP contribution is -2.39. The fraction of sp³-hybridized carbons (Fsp3) is 0.500. The van der Waals surface area contributed by atoms with Gasteiger partial charge in [-0.2, -0.15) is 5.48 Å². The molecule has 1 aromatic carbocycles. The molecule has 1 aromatic rings. The molecule has 0 saturated heterocycles. The predicted octanol–water partition coefficient (Wildman–Crippen LogP) is 3.04. The van der Waals surface area contributed by atoms with Crippen LogP contribution in [-0.4, -0.2) is 12.7 Å². The van der Waals surface area contributed by atoms with Crippen LogP contribution in [0.2, 0.25) is 0 Å². The van der Waals surface area contributed by atoms with Gasteiger partial charge in [0, 0.05) is 15.6 Å². The highest BCUT2D eigenvalue weighted by molar-refractivity contribution is 14.1. The second kappa shape index (κ2) is 4.50. The number of nitrogens with one attached hydrogen (secondary N) is 1. The van der Waals surface area contributed by atoms with Crippen LogP contribution in [0.15, 0.2) is 18.2 Å². The Kier molecular flexibility index (Phi) is 3.42. The number of ether oxygens (including phenoxy) is 1. The molecule has 0 aromatic heterocycles. The summed E-state index contributed by atoms with van der Waals surface area (Å²) in [6.45, 7) is 4.19. The molecule has 1 N–H and O–H groups in total. The Morgan fingerprint density at radius 2 is 2.25 bits per heavy atom. The van der Waals surface area contributed by atoms with Gasteiger partial charge in [0.2, 0.25) is 0 Å². The van der Waals surface area contributed by atoms with Gasteiger partial charge in [-0.25, -0.2) is 0 Å². The van der Waals surface area contributed by atoms with Crippen molar-refractivity contribution in [3.8, 4) is 5.75 Å². The van der Waals surface area contributed by atoms with Crippen LogP contribution in [0.4, 0.5) is 0 Å². The van der Waals surface area contributed by atoms with Gasteiger partial charge in [-0.15, -0.1) is 0 Å². The number of fused-ring (bicyclic) bond motifs is 1. The van der Waals surface area contributed by atoms with Crippen LogP contribution in [0.3, 0.4) is 0 Å². The molecule has 3 nitrogen and oxygen atoms in total. The zero-order valence-corrected chi connectivity index (χ0v) is 11.9. The third-order valence-corrected chi connectivity index (χ3v) is 3.36. The van der Waals surface area contributed by atoms with Gasteiger partial charge in [0.1, 0.15) is 11.4 Å². The quantitative estimate of drug-likeness (QED) is 0.667. The standard InChI is InChI=1S/C12H16INO2/c1-12(2)7-10(14-15-3)9-6-8(13)4-5-11(9)16-12/h4-6,10,14H,7H2,1-3H3. The first-order valence-corrected chi connectivity index (χ1v) is 6.37. The van der Waals surface area contributed by atoms with E-state index in [9.17, 15) is 0 Å². The molecule has 0 fully saturated rings. The Hall–Kier alpha value is -0.330. The normalized spacial score (nSPS) is 22.4. The number of rotatable bonds is 2. The minimum atomic E-state index is -0.157. The van der Waals surface area contributed by atoms with E-state index in [4.69, 9.17) is 9.57 Å². The van der Waals surface area contributed by atoms with Crippen molar-refractivity contribution < 1.29 is 9.57 Å². The van der Waals surface area contributed by atoms with Crippen molar-refractivity contribution in [3.05, 3.63) is 27.3 Å². The fourth-order valence-corrected chi connectivity index (χ4v) is 2.59. The maximum absolute atomic E-state index is 5.95. The van der Waals surface area contributed by atoms with E-state index < -0.39 is 0 Å².